The van der Waals surface area contributed by atoms with Crippen molar-refractivity contribution in [3.05, 3.63) is 35.4 Å². The Bertz CT molecular complexity index is 365. The molecule has 0 spiro atoms. The lowest BCUT2D eigenvalue weighted by Crippen LogP contribution is -2.33. The Morgan fingerprint density at radius 3 is 2.63 bits per heavy atom. The van der Waals surface area contributed by atoms with Gasteiger partial charge in [0.1, 0.15) is 0 Å². The predicted molar refractivity (Wildman–Crippen MR) is 97.5 cm³/mol. The lowest BCUT2D eigenvalue weighted by Gasteiger charge is -2.05. The lowest BCUT2D eigenvalue weighted by molar-refractivity contribution is 0.892. The average Bonchev–Trinajstić information content (AvgIpc) is 2.38. The Morgan fingerprint density at radius 1 is 1.32 bits per heavy atom. The fourth-order valence-electron chi connectivity index (χ4n) is 1.41. The minimum absolute atomic E-state index is 0. The molecule has 3 N–H and O–H groups in total. The summed E-state index contributed by atoms with van der Waals surface area (Å²) in [7, 11) is 0. The van der Waals surface area contributed by atoms with E-state index in [-0.39, 0.29) is 24.0 Å². The number of aryl methyl sites for hydroxylation is 1. The van der Waals surface area contributed by atoms with Crippen molar-refractivity contribution in [3.63, 3.8) is 0 Å². The maximum atomic E-state index is 5.70. The summed E-state index contributed by atoms with van der Waals surface area (Å²) in [5.41, 5.74) is 8.38. The van der Waals surface area contributed by atoms with Crippen LogP contribution in [0.15, 0.2) is 29.3 Å². The van der Waals surface area contributed by atoms with Gasteiger partial charge in [-0.05, 0) is 18.9 Å². The van der Waals surface area contributed by atoms with Crippen LogP contribution in [0.5, 0.6) is 0 Å². The Hall–Kier alpha value is -0.430. The summed E-state index contributed by atoms with van der Waals surface area (Å²) < 4.78 is 0. The second-order valence-electron chi connectivity index (χ2n) is 4.23. The molecule has 3 nitrogen and oxygen atoms in total. The number of nitrogens with two attached hydrogens (primary N) is 1. The van der Waals surface area contributed by atoms with Crippen LogP contribution < -0.4 is 11.1 Å². The monoisotopic (exact) mass is 393 g/mol. The molecule has 0 radical (unpaired) electrons. The summed E-state index contributed by atoms with van der Waals surface area (Å²) in [5, 5.41) is 3.12. The number of rotatable bonds is 7. The van der Waals surface area contributed by atoms with Gasteiger partial charge >= 0.3 is 0 Å². The Kier molecular flexibility index (Phi) is 11.1. The van der Waals surface area contributed by atoms with Gasteiger partial charge in [-0.15, -0.1) is 24.0 Å². The van der Waals surface area contributed by atoms with Crippen LogP contribution in [0.4, 0.5) is 0 Å². The van der Waals surface area contributed by atoms with Crippen molar-refractivity contribution in [1.82, 2.24) is 5.32 Å². The van der Waals surface area contributed by atoms with Crippen molar-refractivity contribution in [1.29, 1.82) is 0 Å². The number of nitrogens with one attached hydrogen (secondary N) is 1. The molecule has 19 heavy (non-hydrogen) atoms. The van der Waals surface area contributed by atoms with E-state index in [1.165, 1.54) is 11.1 Å². The van der Waals surface area contributed by atoms with Crippen LogP contribution in [0, 0.1) is 6.92 Å². The summed E-state index contributed by atoms with van der Waals surface area (Å²) >= 11 is 1.90. The van der Waals surface area contributed by atoms with Crippen molar-refractivity contribution in [2.24, 2.45) is 10.7 Å². The summed E-state index contributed by atoms with van der Waals surface area (Å²) in [6.45, 7) is 5.87. The zero-order valence-electron chi connectivity index (χ0n) is 11.7. The summed E-state index contributed by atoms with van der Waals surface area (Å²) in [5.74, 6) is 2.65. The van der Waals surface area contributed by atoms with E-state index >= 15 is 0 Å². The maximum Gasteiger partial charge on any atom is 0.188 e. The van der Waals surface area contributed by atoms with Crippen LogP contribution in [0.25, 0.3) is 0 Å². The first kappa shape index (κ1) is 18.6. The molecule has 0 aliphatic heterocycles. The van der Waals surface area contributed by atoms with E-state index in [9.17, 15) is 0 Å². The molecule has 1 rings (SSSR count). The van der Waals surface area contributed by atoms with Gasteiger partial charge in [0, 0.05) is 24.6 Å². The fourth-order valence-corrected chi connectivity index (χ4v) is 2.23. The van der Waals surface area contributed by atoms with Crippen molar-refractivity contribution in [2.75, 3.05) is 18.8 Å². The molecule has 1 aromatic carbocycles. The fraction of sp³-hybridized carbons (Fsp3) is 0.500. The maximum absolute atomic E-state index is 5.70. The van der Waals surface area contributed by atoms with Gasteiger partial charge in [0.25, 0.3) is 0 Å². The van der Waals surface area contributed by atoms with Crippen LogP contribution in [0.1, 0.15) is 24.5 Å². The quantitative estimate of drug-likeness (QED) is 0.324. The molecule has 0 saturated carbocycles. The zero-order valence-corrected chi connectivity index (χ0v) is 14.8. The number of nitrogens with zero attached hydrogens (tertiary/aromatic N) is 1. The third kappa shape index (κ3) is 9.15. The van der Waals surface area contributed by atoms with Gasteiger partial charge in [-0.3, -0.25) is 4.99 Å². The second-order valence-corrected chi connectivity index (χ2v) is 5.34. The molecule has 0 unspecified atom stereocenters. The minimum Gasteiger partial charge on any atom is -0.370 e. The number of hydrogen-bond acceptors (Lipinski definition) is 2. The topological polar surface area (TPSA) is 50.4 Å². The Labute approximate surface area is 137 Å². The highest BCUT2D eigenvalue weighted by molar-refractivity contribution is 14.0. The normalized spacial score (nSPS) is 10.9. The summed E-state index contributed by atoms with van der Waals surface area (Å²) in [6.07, 6.45) is 1.03. The van der Waals surface area contributed by atoms with E-state index in [4.69, 9.17) is 5.73 Å². The van der Waals surface area contributed by atoms with Crippen LogP contribution in [-0.2, 0) is 5.75 Å². The van der Waals surface area contributed by atoms with Crippen LogP contribution >= 0.6 is 35.7 Å². The first-order chi connectivity index (χ1) is 8.72. The van der Waals surface area contributed by atoms with Crippen molar-refractivity contribution in [2.45, 2.75) is 26.0 Å². The van der Waals surface area contributed by atoms with Gasteiger partial charge in [0.15, 0.2) is 5.96 Å². The molecule has 0 bridgehead atoms. The van der Waals surface area contributed by atoms with Gasteiger partial charge in [-0.25, -0.2) is 0 Å². The zero-order chi connectivity index (χ0) is 13.2. The molecule has 0 aliphatic carbocycles. The standard InChI is InChI=1S/C14H23N3S.HI/c1-3-8-16-14(15)17-9-10-18-11-13-6-4-12(2)5-7-13;/h4-7H,3,8-11H2,1-2H3,(H3,15,16,17);1H. The Balaban J connectivity index is 0.00000324. The van der Waals surface area contributed by atoms with Gasteiger partial charge in [0.2, 0.25) is 0 Å². The molecule has 0 atom stereocenters. The second kappa shape index (κ2) is 11.4. The number of hydrogen-bond donors (Lipinski definition) is 2. The van der Waals surface area contributed by atoms with E-state index in [2.05, 4.69) is 48.4 Å². The van der Waals surface area contributed by atoms with Crippen LogP contribution in [0.2, 0.25) is 0 Å². The number of guanidine groups is 1. The van der Waals surface area contributed by atoms with Gasteiger partial charge in [-0.1, -0.05) is 36.8 Å². The molecule has 5 heteroatoms. The van der Waals surface area contributed by atoms with Crippen molar-refractivity contribution in [3.8, 4) is 0 Å². The molecule has 0 aromatic heterocycles. The smallest absolute Gasteiger partial charge is 0.188 e. The summed E-state index contributed by atoms with van der Waals surface area (Å²) in [4.78, 5) is 4.18. The molecule has 0 fully saturated rings. The van der Waals surface area contributed by atoms with E-state index in [0.29, 0.717) is 5.96 Å². The number of thioether (sulfide) groups is 1. The molecule has 0 saturated heterocycles. The average molecular weight is 393 g/mol. The molecule has 0 amide bonds. The molecular formula is C14H24IN3S. The van der Waals surface area contributed by atoms with Gasteiger partial charge in [-0.2, -0.15) is 11.8 Å². The molecule has 0 heterocycles. The Morgan fingerprint density at radius 2 is 2.00 bits per heavy atom. The van der Waals surface area contributed by atoms with E-state index in [0.717, 1.165) is 31.0 Å². The molecule has 1 aromatic rings. The van der Waals surface area contributed by atoms with E-state index in [1.54, 1.807) is 0 Å². The molecule has 0 aliphatic rings. The number of aliphatic imine (C=N–C) groups is 1. The molecular weight excluding hydrogens is 369 g/mol. The summed E-state index contributed by atoms with van der Waals surface area (Å²) in [6, 6.07) is 8.69. The highest BCUT2D eigenvalue weighted by Crippen LogP contribution is 2.12. The first-order valence-corrected chi connectivity index (χ1v) is 7.55. The predicted octanol–water partition coefficient (Wildman–Crippen LogP) is 3.16. The molecule has 108 valence electrons. The highest BCUT2D eigenvalue weighted by atomic mass is 127. The number of benzene rings is 1. The minimum atomic E-state index is 0. The first-order valence-electron chi connectivity index (χ1n) is 6.39. The lowest BCUT2D eigenvalue weighted by atomic mass is 10.2. The van der Waals surface area contributed by atoms with E-state index < -0.39 is 0 Å². The van der Waals surface area contributed by atoms with Crippen LogP contribution in [0.3, 0.4) is 0 Å². The van der Waals surface area contributed by atoms with Gasteiger partial charge in [0.05, 0.1) is 0 Å². The van der Waals surface area contributed by atoms with Crippen LogP contribution in [-0.4, -0.2) is 24.8 Å². The van der Waals surface area contributed by atoms with E-state index in [1.807, 2.05) is 11.8 Å². The highest BCUT2D eigenvalue weighted by Gasteiger charge is 1.94. The largest absolute Gasteiger partial charge is 0.370 e. The third-order valence-electron chi connectivity index (χ3n) is 2.45. The van der Waals surface area contributed by atoms with Crippen molar-refractivity contribution < 1.29 is 0 Å². The van der Waals surface area contributed by atoms with Crippen molar-refractivity contribution >= 4 is 41.7 Å². The van der Waals surface area contributed by atoms with Gasteiger partial charge < -0.3 is 11.1 Å². The third-order valence-corrected chi connectivity index (χ3v) is 3.48. The number of halogens is 1. The SMILES string of the molecule is CCCN=C(N)NCCSCc1ccc(C)cc1.I.